The number of carbonyl (C=O) groups is 1. The van der Waals surface area contributed by atoms with Gasteiger partial charge in [-0.1, -0.05) is 12.1 Å². The Bertz CT molecular complexity index is 665. The number of aryl methyl sites for hydroxylation is 1. The number of non-ortho nitro benzene ring substituents is 1. The number of carbonyl (C=O) groups excluding carboxylic acids is 1. The summed E-state index contributed by atoms with van der Waals surface area (Å²) in [7, 11) is 0. The summed E-state index contributed by atoms with van der Waals surface area (Å²) in [5, 5.41) is 10.8. The smallest absolute Gasteiger partial charge is 0.270 e. The average molecular weight is 273 g/mol. The highest BCUT2D eigenvalue weighted by Crippen LogP contribution is 2.18. The Labute approximate surface area is 115 Å². The van der Waals surface area contributed by atoms with Gasteiger partial charge in [0, 0.05) is 24.1 Å². The van der Waals surface area contributed by atoms with Crippen molar-refractivity contribution in [2.75, 3.05) is 0 Å². The summed E-state index contributed by atoms with van der Waals surface area (Å²) < 4.78 is 12.8. The number of hydrogen-bond donors (Lipinski definition) is 0. The van der Waals surface area contributed by atoms with Crippen LogP contribution in [0.3, 0.4) is 0 Å². The van der Waals surface area contributed by atoms with E-state index in [1.54, 1.807) is 13.0 Å². The molecule has 2 aromatic carbocycles. The molecule has 0 bridgehead atoms. The van der Waals surface area contributed by atoms with Crippen molar-refractivity contribution >= 4 is 11.5 Å². The highest BCUT2D eigenvalue weighted by molar-refractivity contribution is 5.98. The van der Waals surface area contributed by atoms with Gasteiger partial charge in [0.15, 0.2) is 5.78 Å². The van der Waals surface area contributed by atoms with E-state index < -0.39 is 4.92 Å². The number of nitro groups is 1. The third-order valence-electron chi connectivity index (χ3n) is 2.87. The molecular weight excluding hydrogens is 261 g/mol. The Hall–Kier alpha value is -2.56. The maximum absolute atomic E-state index is 12.8. The van der Waals surface area contributed by atoms with Crippen LogP contribution < -0.4 is 0 Å². The molecule has 0 aliphatic carbocycles. The second-order valence-electron chi connectivity index (χ2n) is 4.54. The second kappa shape index (κ2) is 5.61. The van der Waals surface area contributed by atoms with Gasteiger partial charge in [-0.25, -0.2) is 4.39 Å². The number of halogens is 1. The largest absolute Gasteiger partial charge is 0.294 e. The van der Waals surface area contributed by atoms with E-state index in [9.17, 15) is 19.3 Å². The summed E-state index contributed by atoms with van der Waals surface area (Å²) in [6.07, 6.45) is 0.0842. The lowest BCUT2D eigenvalue weighted by atomic mass is 10.0. The average Bonchev–Trinajstić information content (AvgIpc) is 2.40. The van der Waals surface area contributed by atoms with Crippen LogP contribution in [0.4, 0.5) is 10.1 Å². The van der Waals surface area contributed by atoms with Gasteiger partial charge in [-0.05, 0) is 36.2 Å². The minimum Gasteiger partial charge on any atom is -0.294 e. The molecule has 0 aliphatic heterocycles. The molecule has 102 valence electrons. The molecule has 0 unspecified atom stereocenters. The van der Waals surface area contributed by atoms with Gasteiger partial charge in [0.25, 0.3) is 5.69 Å². The minimum absolute atomic E-state index is 0.0842. The standard InChI is InChI=1S/C15H12FNO3/c1-10-6-12(9-14(7-10)17(19)20)15(18)8-11-2-4-13(16)5-3-11/h2-7,9H,8H2,1H3. The van der Waals surface area contributed by atoms with Gasteiger partial charge in [0.1, 0.15) is 5.82 Å². The van der Waals surface area contributed by atoms with E-state index >= 15 is 0 Å². The molecule has 0 radical (unpaired) electrons. The number of Topliss-reactive ketones (excluding diaryl/α,β-unsaturated/α-hetero) is 1. The first-order chi connectivity index (χ1) is 9.45. The molecule has 0 spiro atoms. The van der Waals surface area contributed by atoms with Crippen molar-refractivity contribution in [1.82, 2.24) is 0 Å². The summed E-state index contributed by atoms with van der Waals surface area (Å²) in [6, 6.07) is 9.89. The molecule has 0 saturated heterocycles. The maximum Gasteiger partial charge on any atom is 0.270 e. The molecule has 4 nitrogen and oxygen atoms in total. The van der Waals surface area contributed by atoms with E-state index in [0.29, 0.717) is 16.7 Å². The van der Waals surface area contributed by atoms with E-state index in [0.717, 1.165) is 0 Å². The highest BCUT2D eigenvalue weighted by atomic mass is 19.1. The van der Waals surface area contributed by atoms with Gasteiger partial charge in [-0.3, -0.25) is 14.9 Å². The molecular formula is C15H12FNO3. The molecule has 0 aliphatic rings. The van der Waals surface area contributed by atoms with Gasteiger partial charge < -0.3 is 0 Å². The Morgan fingerprint density at radius 1 is 1.20 bits per heavy atom. The first-order valence-corrected chi connectivity index (χ1v) is 5.99. The third kappa shape index (κ3) is 3.26. The zero-order chi connectivity index (χ0) is 14.7. The first kappa shape index (κ1) is 13.9. The number of hydrogen-bond acceptors (Lipinski definition) is 3. The normalized spacial score (nSPS) is 10.3. The van der Waals surface area contributed by atoms with Gasteiger partial charge in [-0.15, -0.1) is 0 Å². The molecule has 0 aromatic heterocycles. The lowest BCUT2D eigenvalue weighted by molar-refractivity contribution is -0.384. The molecule has 2 rings (SSSR count). The minimum atomic E-state index is -0.526. The van der Waals surface area contributed by atoms with Gasteiger partial charge in [0.2, 0.25) is 0 Å². The first-order valence-electron chi connectivity index (χ1n) is 5.99. The lowest BCUT2D eigenvalue weighted by Crippen LogP contribution is -2.05. The zero-order valence-corrected chi connectivity index (χ0v) is 10.8. The Balaban J connectivity index is 2.25. The van der Waals surface area contributed by atoms with E-state index in [1.165, 1.54) is 36.4 Å². The summed E-state index contributed by atoms with van der Waals surface area (Å²) in [5.41, 5.74) is 1.51. The number of benzene rings is 2. The van der Waals surface area contributed by atoms with Crippen LogP contribution in [0.1, 0.15) is 21.5 Å². The Morgan fingerprint density at radius 2 is 1.85 bits per heavy atom. The SMILES string of the molecule is Cc1cc(C(=O)Cc2ccc(F)cc2)cc([N+](=O)[O-])c1. The Kier molecular flexibility index (Phi) is 3.89. The van der Waals surface area contributed by atoms with Crippen molar-refractivity contribution in [3.05, 3.63) is 75.1 Å². The molecule has 2 aromatic rings. The van der Waals surface area contributed by atoms with Gasteiger partial charge in [0.05, 0.1) is 4.92 Å². The maximum atomic E-state index is 12.8. The number of rotatable bonds is 4. The van der Waals surface area contributed by atoms with Crippen LogP contribution in [0, 0.1) is 22.9 Å². The van der Waals surface area contributed by atoms with Crippen LogP contribution in [-0.2, 0) is 6.42 Å². The van der Waals surface area contributed by atoms with Crippen LogP contribution in [0.5, 0.6) is 0 Å². The number of nitro benzene ring substituents is 1. The fraction of sp³-hybridized carbons (Fsp3) is 0.133. The van der Waals surface area contributed by atoms with Crippen LogP contribution in [0.2, 0.25) is 0 Å². The van der Waals surface area contributed by atoms with Crippen LogP contribution in [0.15, 0.2) is 42.5 Å². The van der Waals surface area contributed by atoms with Crippen molar-refractivity contribution in [2.45, 2.75) is 13.3 Å². The van der Waals surface area contributed by atoms with Crippen molar-refractivity contribution in [3.63, 3.8) is 0 Å². The number of nitrogens with zero attached hydrogens (tertiary/aromatic N) is 1. The Morgan fingerprint density at radius 3 is 2.45 bits per heavy atom. The topological polar surface area (TPSA) is 60.2 Å². The monoisotopic (exact) mass is 273 g/mol. The summed E-state index contributed by atoms with van der Waals surface area (Å²) in [6.45, 7) is 1.70. The molecule has 0 amide bonds. The zero-order valence-electron chi connectivity index (χ0n) is 10.8. The molecule has 0 N–H and O–H groups in total. The van der Waals surface area contributed by atoms with Crippen molar-refractivity contribution in [1.29, 1.82) is 0 Å². The van der Waals surface area contributed by atoms with Crippen LogP contribution in [-0.4, -0.2) is 10.7 Å². The molecule has 0 heterocycles. The predicted octanol–water partition coefficient (Wildman–Crippen LogP) is 3.47. The fourth-order valence-electron chi connectivity index (χ4n) is 1.92. The molecule has 5 heteroatoms. The van der Waals surface area contributed by atoms with E-state index in [-0.39, 0.29) is 23.7 Å². The van der Waals surface area contributed by atoms with Crippen LogP contribution in [0.25, 0.3) is 0 Å². The van der Waals surface area contributed by atoms with E-state index in [1.807, 2.05) is 0 Å². The van der Waals surface area contributed by atoms with Crippen molar-refractivity contribution in [2.24, 2.45) is 0 Å². The van der Waals surface area contributed by atoms with Gasteiger partial charge in [-0.2, -0.15) is 0 Å². The van der Waals surface area contributed by atoms with Crippen molar-refractivity contribution in [3.8, 4) is 0 Å². The van der Waals surface area contributed by atoms with Crippen LogP contribution >= 0.6 is 0 Å². The number of ketones is 1. The molecule has 0 atom stereocenters. The summed E-state index contributed by atoms with van der Waals surface area (Å²) in [5.74, 6) is -0.601. The predicted molar refractivity (Wildman–Crippen MR) is 72.3 cm³/mol. The molecule has 0 fully saturated rings. The molecule has 20 heavy (non-hydrogen) atoms. The fourth-order valence-corrected chi connectivity index (χ4v) is 1.92. The quantitative estimate of drug-likeness (QED) is 0.487. The van der Waals surface area contributed by atoms with Crippen molar-refractivity contribution < 1.29 is 14.1 Å². The van der Waals surface area contributed by atoms with Gasteiger partial charge >= 0.3 is 0 Å². The second-order valence-corrected chi connectivity index (χ2v) is 4.54. The molecule has 0 saturated carbocycles. The van der Waals surface area contributed by atoms with E-state index in [4.69, 9.17) is 0 Å². The highest BCUT2D eigenvalue weighted by Gasteiger charge is 2.13. The summed E-state index contributed by atoms with van der Waals surface area (Å²) in [4.78, 5) is 22.4. The third-order valence-corrected chi connectivity index (χ3v) is 2.87. The lowest BCUT2D eigenvalue weighted by Gasteiger charge is -2.03. The summed E-state index contributed by atoms with van der Waals surface area (Å²) >= 11 is 0. The van der Waals surface area contributed by atoms with E-state index in [2.05, 4.69) is 0 Å².